The van der Waals surface area contributed by atoms with Gasteiger partial charge in [0, 0.05) is 5.02 Å². The fraction of sp³-hybridized carbons (Fsp3) is 0.125. The van der Waals surface area contributed by atoms with Crippen molar-refractivity contribution in [2.45, 2.75) is 13.5 Å². The number of hydrogen-bond donors (Lipinski definition) is 0. The van der Waals surface area contributed by atoms with Gasteiger partial charge < -0.3 is 9.30 Å². The Balaban J connectivity index is 1.62. The van der Waals surface area contributed by atoms with Crippen LogP contribution in [0.15, 0.2) is 60.7 Å². The zero-order valence-corrected chi connectivity index (χ0v) is 17.4. The number of carbonyl (C=O) groups excluding carboxylic acids is 1. The van der Waals surface area contributed by atoms with Crippen molar-refractivity contribution in [1.82, 2.24) is 14.5 Å². The molecule has 0 saturated heterocycles. The van der Waals surface area contributed by atoms with Crippen LogP contribution < -0.4 is 0 Å². The van der Waals surface area contributed by atoms with Crippen LogP contribution in [0.5, 0.6) is 0 Å². The van der Waals surface area contributed by atoms with E-state index in [4.69, 9.17) is 16.3 Å². The molecular weight excluding hydrogens is 398 g/mol. The van der Waals surface area contributed by atoms with Crippen molar-refractivity contribution in [3.63, 3.8) is 0 Å². The first-order chi connectivity index (χ1) is 14.5. The molecule has 6 heteroatoms. The lowest BCUT2D eigenvalue weighted by Crippen LogP contribution is -2.07. The number of carbonyl (C=O) groups is 1. The lowest BCUT2D eigenvalue weighted by molar-refractivity contribution is 0.0594. The molecule has 30 heavy (non-hydrogen) atoms. The van der Waals surface area contributed by atoms with Crippen LogP contribution >= 0.6 is 11.6 Å². The van der Waals surface area contributed by atoms with E-state index in [-0.39, 0.29) is 5.69 Å². The zero-order valence-electron chi connectivity index (χ0n) is 16.7. The molecule has 4 aromatic rings. The summed E-state index contributed by atoms with van der Waals surface area (Å²) in [5, 5.41) is 0.663. The van der Waals surface area contributed by atoms with Crippen molar-refractivity contribution >= 4 is 40.9 Å². The normalized spacial score (nSPS) is 11.3. The molecule has 0 fully saturated rings. The maximum atomic E-state index is 11.8. The number of aromatic nitrogens is 3. The van der Waals surface area contributed by atoms with Crippen molar-refractivity contribution in [3.8, 4) is 0 Å². The van der Waals surface area contributed by atoms with E-state index in [1.165, 1.54) is 7.11 Å². The first-order valence-corrected chi connectivity index (χ1v) is 9.86. The summed E-state index contributed by atoms with van der Waals surface area (Å²) >= 11 is 6.57. The number of nitrogens with zero attached hydrogens (tertiary/aromatic N) is 3. The smallest absolute Gasteiger partial charge is 0.356 e. The second-order valence-electron chi connectivity index (χ2n) is 6.87. The van der Waals surface area contributed by atoms with Gasteiger partial charge in [0.25, 0.3) is 0 Å². The number of esters is 1. The number of fused-ring (bicyclic) bond motifs is 1. The van der Waals surface area contributed by atoms with Crippen LogP contribution in [0.4, 0.5) is 0 Å². The number of rotatable bonds is 5. The number of imidazole rings is 1. The van der Waals surface area contributed by atoms with E-state index in [9.17, 15) is 4.79 Å². The fourth-order valence-corrected chi connectivity index (χ4v) is 3.49. The highest BCUT2D eigenvalue weighted by molar-refractivity contribution is 6.31. The van der Waals surface area contributed by atoms with Gasteiger partial charge >= 0.3 is 5.97 Å². The Morgan fingerprint density at radius 2 is 1.80 bits per heavy atom. The lowest BCUT2D eigenvalue weighted by atomic mass is 10.1. The van der Waals surface area contributed by atoms with E-state index in [1.54, 1.807) is 12.1 Å². The van der Waals surface area contributed by atoms with Gasteiger partial charge in [-0.3, -0.25) is 0 Å². The van der Waals surface area contributed by atoms with Crippen molar-refractivity contribution in [3.05, 3.63) is 93.9 Å². The van der Waals surface area contributed by atoms with Gasteiger partial charge in [-0.2, -0.15) is 0 Å². The highest BCUT2D eigenvalue weighted by Crippen LogP contribution is 2.23. The van der Waals surface area contributed by atoms with Crippen LogP contribution in [0.3, 0.4) is 0 Å². The van der Waals surface area contributed by atoms with Crippen LogP contribution in [-0.2, 0) is 11.3 Å². The number of ether oxygens (including phenoxy) is 1. The largest absolute Gasteiger partial charge is 0.464 e. The van der Waals surface area contributed by atoms with Gasteiger partial charge in [-0.05, 0) is 41.8 Å². The van der Waals surface area contributed by atoms with Gasteiger partial charge in [-0.25, -0.2) is 14.8 Å². The third kappa shape index (κ3) is 4.11. The van der Waals surface area contributed by atoms with Crippen LogP contribution in [0.1, 0.15) is 33.0 Å². The Bertz CT molecular complexity index is 1250. The number of benzene rings is 2. The minimum absolute atomic E-state index is 0.249. The maximum absolute atomic E-state index is 11.8. The van der Waals surface area contributed by atoms with Crippen molar-refractivity contribution in [1.29, 1.82) is 0 Å². The van der Waals surface area contributed by atoms with Gasteiger partial charge in [-0.15, -0.1) is 0 Å². The second-order valence-corrected chi connectivity index (χ2v) is 7.28. The number of pyridine rings is 1. The third-order valence-corrected chi connectivity index (χ3v) is 5.20. The summed E-state index contributed by atoms with van der Waals surface area (Å²) in [7, 11) is 1.34. The van der Waals surface area contributed by atoms with Crippen LogP contribution in [0.25, 0.3) is 23.3 Å². The van der Waals surface area contributed by atoms with Gasteiger partial charge in [0.15, 0.2) is 11.3 Å². The molecule has 0 saturated carbocycles. The Hall–Kier alpha value is -3.44. The zero-order chi connectivity index (χ0) is 21.1. The summed E-state index contributed by atoms with van der Waals surface area (Å²) in [5.41, 5.74) is 4.69. The molecule has 150 valence electrons. The number of methoxy groups -OCH3 is 1. The molecular formula is C24H20ClN3O2. The fourth-order valence-electron chi connectivity index (χ4n) is 3.24. The number of halogens is 1. The molecule has 0 spiro atoms. The lowest BCUT2D eigenvalue weighted by Gasteiger charge is -2.09. The highest BCUT2D eigenvalue weighted by Gasteiger charge is 2.15. The minimum atomic E-state index is -0.477. The predicted molar refractivity (Wildman–Crippen MR) is 120 cm³/mol. The Kier molecular flexibility index (Phi) is 5.63. The molecule has 4 rings (SSSR count). The van der Waals surface area contributed by atoms with E-state index < -0.39 is 5.97 Å². The molecule has 0 N–H and O–H groups in total. The number of aryl methyl sites for hydroxylation is 1. The van der Waals surface area contributed by atoms with Gasteiger partial charge in [0.1, 0.15) is 11.3 Å². The molecule has 2 heterocycles. The first-order valence-electron chi connectivity index (χ1n) is 9.49. The standard InChI is InChI=1S/C24H20ClN3O2/c1-16-26-21-12-13-22(24(29)30-2)27-23(21)28(16)15-19-11-10-18(14-20(19)25)9-8-17-6-4-3-5-7-17/h3-14H,15H2,1-2H3/b9-8+. The second kappa shape index (κ2) is 8.51. The van der Waals surface area contributed by atoms with Crippen LogP contribution in [0.2, 0.25) is 5.02 Å². The van der Waals surface area contributed by atoms with Gasteiger partial charge in [0.2, 0.25) is 0 Å². The van der Waals surface area contributed by atoms with E-state index in [1.807, 2.05) is 54.0 Å². The van der Waals surface area contributed by atoms with E-state index in [2.05, 4.69) is 28.2 Å². The summed E-state index contributed by atoms with van der Waals surface area (Å²) in [6.45, 7) is 2.41. The molecule has 0 bridgehead atoms. The molecule has 0 aliphatic heterocycles. The van der Waals surface area contributed by atoms with Crippen LogP contribution in [-0.4, -0.2) is 27.6 Å². The van der Waals surface area contributed by atoms with Gasteiger partial charge in [-0.1, -0.05) is 66.2 Å². The molecule has 0 aliphatic rings. The van der Waals surface area contributed by atoms with Crippen molar-refractivity contribution in [2.24, 2.45) is 0 Å². The highest BCUT2D eigenvalue weighted by atomic mass is 35.5. The molecule has 5 nitrogen and oxygen atoms in total. The monoisotopic (exact) mass is 417 g/mol. The maximum Gasteiger partial charge on any atom is 0.356 e. The Labute approximate surface area is 179 Å². The predicted octanol–water partition coefficient (Wildman–Crippen LogP) is 5.40. The molecule has 0 unspecified atom stereocenters. The summed E-state index contributed by atoms with van der Waals surface area (Å²) in [4.78, 5) is 20.8. The third-order valence-electron chi connectivity index (χ3n) is 4.85. The molecule has 0 amide bonds. The summed E-state index contributed by atoms with van der Waals surface area (Å²) in [6.07, 6.45) is 4.09. The summed E-state index contributed by atoms with van der Waals surface area (Å²) in [5.74, 6) is 0.318. The van der Waals surface area contributed by atoms with Crippen LogP contribution in [0, 0.1) is 6.92 Å². The van der Waals surface area contributed by atoms with Crippen molar-refractivity contribution < 1.29 is 9.53 Å². The Morgan fingerprint density at radius 3 is 2.53 bits per heavy atom. The first kappa shape index (κ1) is 19.9. The molecule has 2 aromatic carbocycles. The minimum Gasteiger partial charge on any atom is -0.464 e. The average Bonchev–Trinajstić information content (AvgIpc) is 3.08. The summed E-state index contributed by atoms with van der Waals surface area (Å²) in [6, 6.07) is 19.5. The SMILES string of the molecule is COC(=O)c1ccc2nc(C)n(Cc3ccc(/C=C/c4ccccc4)cc3Cl)c2n1. The Morgan fingerprint density at radius 1 is 1.03 bits per heavy atom. The number of hydrogen-bond acceptors (Lipinski definition) is 4. The summed E-state index contributed by atoms with van der Waals surface area (Å²) < 4.78 is 6.73. The quantitative estimate of drug-likeness (QED) is 0.322. The van der Waals surface area contributed by atoms with E-state index in [0.717, 1.165) is 28.0 Å². The molecule has 0 aliphatic carbocycles. The van der Waals surface area contributed by atoms with E-state index in [0.29, 0.717) is 17.2 Å². The van der Waals surface area contributed by atoms with Gasteiger partial charge in [0.05, 0.1) is 13.7 Å². The van der Waals surface area contributed by atoms with E-state index >= 15 is 0 Å². The topological polar surface area (TPSA) is 57.0 Å². The molecule has 0 radical (unpaired) electrons. The molecule has 0 atom stereocenters. The average molecular weight is 418 g/mol. The molecule has 2 aromatic heterocycles. The van der Waals surface area contributed by atoms with Crippen molar-refractivity contribution in [2.75, 3.05) is 7.11 Å².